The van der Waals surface area contributed by atoms with E-state index in [9.17, 15) is 9.59 Å². The van der Waals surface area contributed by atoms with Gasteiger partial charge >= 0.3 is 5.76 Å². The summed E-state index contributed by atoms with van der Waals surface area (Å²) in [5, 5.41) is 0.292. The molecule has 0 aliphatic rings. The molecular weight excluding hydrogens is 296 g/mol. The molecule has 0 radical (unpaired) electrons. The predicted octanol–water partition coefficient (Wildman–Crippen LogP) is 2.02. The van der Waals surface area contributed by atoms with Crippen molar-refractivity contribution in [3.63, 3.8) is 0 Å². The molecule has 0 aliphatic heterocycles. The zero-order valence-electron chi connectivity index (χ0n) is 13.1. The van der Waals surface area contributed by atoms with E-state index in [-0.39, 0.29) is 5.58 Å². The molecule has 118 valence electrons. The minimum absolute atomic E-state index is 0.238. The van der Waals surface area contributed by atoms with Crippen molar-refractivity contribution in [2.75, 3.05) is 26.1 Å². The van der Waals surface area contributed by atoms with E-state index in [0.717, 1.165) is 10.3 Å². The number of hydrogen-bond donors (Lipinski definition) is 0. The van der Waals surface area contributed by atoms with E-state index >= 15 is 0 Å². The predicted molar refractivity (Wildman–Crippen MR) is 89.0 cm³/mol. The summed E-state index contributed by atoms with van der Waals surface area (Å²) in [5.41, 5.74) is 1.22. The van der Waals surface area contributed by atoms with Crippen LogP contribution in [0.2, 0.25) is 0 Å². The van der Waals surface area contributed by atoms with E-state index in [1.165, 1.54) is 7.11 Å². The average molecular weight is 312 g/mol. The van der Waals surface area contributed by atoms with Crippen LogP contribution in [0.25, 0.3) is 16.7 Å². The second-order valence-corrected chi connectivity index (χ2v) is 5.28. The summed E-state index contributed by atoms with van der Waals surface area (Å²) in [7, 11) is 5.34. The number of benzene rings is 2. The maximum atomic E-state index is 12.7. The summed E-state index contributed by atoms with van der Waals surface area (Å²) in [4.78, 5) is 26.8. The molecular formula is C17H16N2O4. The van der Waals surface area contributed by atoms with Crippen molar-refractivity contribution < 1.29 is 9.15 Å². The van der Waals surface area contributed by atoms with Gasteiger partial charge in [0.05, 0.1) is 18.2 Å². The lowest BCUT2D eigenvalue weighted by atomic mass is 10.2. The number of fused-ring (bicyclic) bond motifs is 1. The normalized spacial score (nSPS) is 10.7. The molecule has 0 unspecified atom stereocenters. The van der Waals surface area contributed by atoms with Gasteiger partial charge in [-0.1, -0.05) is 0 Å². The maximum absolute atomic E-state index is 12.7. The van der Waals surface area contributed by atoms with Gasteiger partial charge in [0, 0.05) is 19.8 Å². The number of ether oxygens (including phenoxy) is 1. The summed E-state index contributed by atoms with van der Waals surface area (Å²) in [6.45, 7) is 0. The van der Waals surface area contributed by atoms with Crippen LogP contribution in [-0.4, -0.2) is 25.8 Å². The molecule has 3 aromatic rings. The highest BCUT2D eigenvalue weighted by Gasteiger charge is 2.12. The van der Waals surface area contributed by atoms with Crippen molar-refractivity contribution in [2.24, 2.45) is 0 Å². The third-order valence-corrected chi connectivity index (χ3v) is 3.62. The zero-order valence-corrected chi connectivity index (χ0v) is 13.1. The highest BCUT2D eigenvalue weighted by atomic mass is 16.5. The fourth-order valence-electron chi connectivity index (χ4n) is 2.36. The van der Waals surface area contributed by atoms with Gasteiger partial charge in [0.15, 0.2) is 0 Å². The average Bonchev–Trinajstić information content (AvgIpc) is 2.55. The largest absolute Gasteiger partial charge is 0.497 e. The van der Waals surface area contributed by atoms with Gasteiger partial charge in [-0.15, -0.1) is 0 Å². The van der Waals surface area contributed by atoms with Crippen LogP contribution in [0.15, 0.2) is 56.5 Å². The molecule has 1 aromatic heterocycles. The van der Waals surface area contributed by atoms with Crippen molar-refractivity contribution in [3.05, 3.63) is 63.4 Å². The minimum Gasteiger partial charge on any atom is -0.497 e. The standard InChI is InChI=1S/C17H16N2O4/c1-18(2)11-4-6-12(7-5-11)19-16(20)14-10-13(22-3)8-9-15(14)23-17(19)21/h4-10H,1-3H3. The zero-order chi connectivity index (χ0) is 16.6. The fraction of sp³-hybridized carbons (Fsp3) is 0.176. The Balaban J connectivity index is 2.24. The summed E-state index contributed by atoms with van der Waals surface area (Å²) >= 11 is 0. The van der Waals surface area contributed by atoms with Crippen LogP contribution in [0.5, 0.6) is 5.75 Å². The van der Waals surface area contributed by atoms with Gasteiger partial charge in [0.2, 0.25) is 0 Å². The van der Waals surface area contributed by atoms with Crippen LogP contribution < -0.4 is 21.0 Å². The molecule has 0 spiro atoms. The molecule has 0 N–H and O–H groups in total. The molecule has 0 saturated heterocycles. The van der Waals surface area contributed by atoms with Crippen molar-refractivity contribution in [1.82, 2.24) is 4.57 Å². The van der Waals surface area contributed by atoms with Crippen LogP contribution >= 0.6 is 0 Å². The molecule has 1 heterocycles. The molecule has 0 aliphatic carbocycles. The van der Waals surface area contributed by atoms with Gasteiger partial charge in [-0.05, 0) is 42.5 Å². The number of nitrogens with zero attached hydrogens (tertiary/aromatic N) is 2. The fourth-order valence-corrected chi connectivity index (χ4v) is 2.36. The van der Waals surface area contributed by atoms with E-state index < -0.39 is 11.3 Å². The summed E-state index contributed by atoms with van der Waals surface area (Å²) in [5.74, 6) is -0.191. The smallest absolute Gasteiger partial charge is 0.426 e. The molecule has 0 bridgehead atoms. The van der Waals surface area contributed by atoms with Gasteiger partial charge in [-0.2, -0.15) is 0 Å². The SMILES string of the molecule is COc1ccc2oc(=O)n(-c3ccc(N(C)C)cc3)c(=O)c2c1. The van der Waals surface area contributed by atoms with E-state index in [1.54, 1.807) is 30.3 Å². The molecule has 0 amide bonds. The molecule has 0 fully saturated rings. The monoisotopic (exact) mass is 312 g/mol. The van der Waals surface area contributed by atoms with E-state index in [4.69, 9.17) is 9.15 Å². The van der Waals surface area contributed by atoms with Crippen molar-refractivity contribution >= 4 is 16.7 Å². The minimum atomic E-state index is -0.717. The van der Waals surface area contributed by atoms with Gasteiger partial charge in [-0.25, -0.2) is 9.36 Å². The molecule has 3 rings (SSSR count). The number of hydrogen-bond acceptors (Lipinski definition) is 5. The Morgan fingerprint density at radius 2 is 1.74 bits per heavy atom. The molecule has 6 heteroatoms. The topological polar surface area (TPSA) is 64.7 Å². The Kier molecular flexibility index (Phi) is 3.65. The number of aromatic nitrogens is 1. The Morgan fingerprint density at radius 1 is 1.04 bits per heavy atom. The molecule has 23 heavy (non-hydrogen) atoms. The third-order valence-electron chi connectivity index (χ3n) is 3.62. The molecule has 0 saturated carbocycles. The first-order valence-electron chi connectivity index (χ1n) is 7.03. The van der Waals surface area contributed by atoms with E-state index in [2.05, 4.69) is 0 Å². The van der Waals surface area contributed by atoms with Crippen molar-refractivity contribution in [2.45, 2.75) is 0 Å². The van der Waals surface area contributed by atoms with Crippen LogP contribution in [0.4, 0.5) is 5.69 Å². The number of methoxy groups -OCH3 is 1. The quantitative estimate of drug-likeness (QED) is 0.740. The van der Waals surface area contributed by atoms with Crippen LogP contribution in [0.3, 0.4) is 0 Å². The lowest BCUT2D eigenvalue weighted by Crippen LogP contribution is -2.30. The van der Waals surface area contributed by atoms with Crippen LogP contribution in [0.1, 0.15) is 0 Å². The lowest BCUT2D eigenvalue weighted by Gasteiger charge is -2.13. The van der Waals surface area contributed by atoms with Gasteiger partial charge in [-0.3, -0.25) is 4.79 Å². The summed E-state index contributed by atoms with van der Waals surface area (Å²) in [6.07, 6.45) is 0. The van der Waals surface area contributed by atoms with Gasteiger partial charge in [0.1, 0.15) is 11.3 Å². The Morgan fingerprint density at radius 3 is 2.35 bits per heavy atom. The highest BCUT2D eigenvalue weighted by molar-refractivity contribution is 5.77. The van der Waals surface area contributed by atoms with E-state index in [1.807, 2.05) is 31.1 Å². The Labute approximate surface area is 132 Å². The second-order valence-electron chi connectivity index (χ2n) is 5.28. The first kappa shape index (κ1) is 14.9. The van der Waals surface area contributed by atoms with Crippen LogP contribution in [0, 0.1) is 0 Å². The number of anilines is 1. The first-order valence-corrected chi connectivity index (χ1v) is 7.03. The third kappa shape index (κ3) is 2.59. The summed E-state index contributed by atoms with van der Waals surface area (Å²) in [6, 6.07) is 11.8. The summed E-state index contributed by atoms with van der Waals surface area (Å²) < 4.78 is 11.4. The van der Waals surface area contributed by atoms with Gasteiger partial charge in [0.25, 0.3) is 5.56 Å². The second kappa shape index (κ2) is 5.64. The Bertz CT molecular complexity index is 969. The van der Waals surface area contributed by atoms with Crippen molar-refractivity contribution in [3.8, 4) is 11.4 Å². The van der Waals surface area contributed by atoms with E-state index in [0.29, 0.717) is 16.8 Å². The van der Waals surface area contributed by atoms with Gasteiger partial charge < -0.3 is 14.1 Å². The molecule has 0 atom stereocenters. The van der Waals surface area contributed by atoms with Crippen LogP contribution in [-0.2, 0) is 0 Å². The number of rotatable bonds is 3. The lowest BCUT2D eigenvalue weighted by molar-refractivity contribution is 0.414. The highest BCUT2D eigenvalue weighted by Crippen LogP contribution is 2.18. The Hall–Kier alpha value is -3.02. The first-order chi connectivity index (χ1) is 11.0. The van der Waals surface area contributed by atoms with Crippen molar-refractivity contribution in [1.29, 1.82) is 0 Å². The maximum Gasteiger partial charge on any atom is 0.426 e. The molecule has 2 aromatic carbocycles. The molecule has 6 nitrogen and oxygen atoms in total.